The molecule has 134 valence electrons. The maximum Gasteiger partial charge on any atom is 0.410 e. The number of rotatable bonds is 2. The molecule has 2 aliphatic heterocycles. The molecule has 2 heterocycles. The number of nitrogens with one attached hydrogen (secondary N) is 1. The molecule has 7 heteroatoms. The first-order valence-corrected chi connectivity index (χ1v) is 8.13. The van der Waals surface area contributed by atoms with Gasteiger partial charge in [0.05, 0.1) is 12.5 Å². The quantitative estimate of drug-likeness (QED) is 0.775. The van der Waals surface area contributed by atoms with Gasteiger partial charge in [-0.25, -0.2) is 4.79 Å². The Morgan fingerprint density at radius 1 is 1.35 bits per heavy atom. The predicted octanol–water partition coefficient (Wildman–Crippen LogP) is 2.21. The average molecular weight is 349 g/mol. The SMILES string of the molecule is CCOC(=O)C1CNCC12CCCN(C(=O)OC(C)(C)C)C2.Cl. The highest BCUT2D eigenvalue weighted by Gasteiger charge is 2.50. The van der Waals surface area contributed by atoms with E-state index in [0.717, 1.165) is 19.4 Å². The summed E-state index contributed by atoms with van der Waals surface area (Å²) in [6, 6.07) is 0. The zero-order chi connectivity index (χ0) is 16.4. The fourth-order valence-corrected chi connectivity index (χ4v) is 3.45. The van der Waals surface area contributed by atoms with Crippen LogP contribution < -0.4 is 5.32 Å². The molecule has 0 bridgehead atoms. The molecule has 2 aliphatic rings. The molecule has 2 atom stereocenters. The summed E-state index contributed by atoms with van der Waals surface area (Å²) in [5.41, 5.74) is -0.725. The van der Waals surface area contributed by atoms with Crippen LogP contribution in [0.3, 0.4) is 0 Å². The van der Waals surface area contributed by atoms with Gasteiger partial charge in [-0.2, -0.15) is 0 Å². The second kappa shape index (κ2) is 7.71. The molecule has 2 saturated heterocycles. The molecule has 1 amide bonds. The van der Waals surface area contributed by atoms with Crippen molar-refractivity contribution in [2.45, 2.75) is 46.1 Å². The summed E-state index contributed by atoms with van der Waals surface area (Å²) in [5.74, 6) is -0.337. The van der Waals surface area contributed by atoms with Crippen molar-refractivity contribution < 1.29 is 19.1 Å². The van der Waals surface area contributed by atoms with E-state index in [-0.39, 0.29) is 35.8 Å². The third kappa shape index (κ3) is 4.73. The van der Waals surface area contributed by atoms with E-state index in [0.29, 0.717) is 26.2 Å². The first-order valence-electron chi connectivity index (χ1n) is 8.13. The number of halogens is 1. The van der Waals surface area contributed by atoms with Crippen LogP contribution in [0.4, 0.5) is 4.79 Å². The van der Waals surface area contributed by atoms with Crippen molar-refractivity contribution in [3.63, 3.8) is 0 Å². The van der Waals surface area contributed by atoms with Gasteiger partial charge in [-0.1, -0.05) is 0 Å². The van der Waals surface area contributed by atoms with Crippen LogP contribution in [0.5, 0.6) is 0 Å². The van der Waals surface area contributed by atoms with E-state index in [1.807, 2.05) is 27.7 Å². The summed E-state index contributed by atoms with van der Waals surface area (Å²) in [4.78, 5) is 26.3. The number of amides is 1. The first-order chi connectivity index (χ1) is 10.3. The molecule has 2 rings (SSSR count). The van der Waals surface area contributed by atoms with Gasteiger partial charge in [-0.05, 0) is 40.5 Å². The van der Waals surface area contributed by atoms with Crippen molar-refractivity contribution in [2.75, 3.05) is 32.8 Å². The molecule has 23 heavy (non-hydrogen) atoms. The van der Waals surface area contributed by atoms with E-state index in [1.54, 1.807) is 4.90 Å². The molecule has 6 nitrogen and oxygen atoms in total. The summed E-state index contributed by atoms with van der Waals surface area (Å²) in [6.45, 7) is 10.4. The van der Waals surface area contributed by atoms with E-state index < -0.39 is 5.60 Å². The van der Waals surface area contributed by atoms with Crippen molar-refractivity contribution in [2.24, 2.45) is 11.3 Å². The molecule has 0 aromatic heterocycles. The van der Waals surface area contributed by atoms with Gasteiger partial charge in [0.25, 0.3) is 0 Å². The monoisotopic (exact) mass is 348 g/mol. The number of carbonyl (C=O) groups is 2. The largest absolute Gasteiger partial charge is 0.466 e. The number of likely N-dealkylation sites (tertiary alicyclic amines) is 1. The second-order valence-electron chi connectivity index (χ2n) is 7.30. The Labute approximate surface area is 144 Å². The normalized spacial score (nSPS) is 27.5. The zero-order valence-corrected chi connectivity index (χ0v) is 15.3. The van der Waals surface area contributed by atoms with E-state index >= 15 is 0 Å². The highest BCUT2D eigenvalue weighted by atomic mass is 35.5. The lowest BCUT2D eigenvalue weighted by Crippen LogP contribution is -2.52. The second-order valence-corrected chi connectivity index (χ2v) is 7.30. The standard InChI is InChI=1S/C16H28N2O4.ClH/c1-5-21-13(19)12-9-17-10-16(12)7-6-8-18(11-16)14(20)22-15(2,3)4;/h12,17H,5-11H2,1-4H3;1H. The molecular weight excluding hydrogens is 320 g/mol. The van der Waals surface area contributed by atoms with Crippen LogP contribution in [0.25, 0.3) is 0 Å². The fraction of sp³-hybridized carbons (Fsp3) is 0.875. The minimum absolute atomic E-state index is 0. The first kappa shape index (κ1) is 20.0. The average Bonchev–Trinajstić information content (AvgIpc) is 2.80. The van der Waals surface area contributed by atoms with Crippen molar-refractivity contribution in [1.29, 1.82) is 0 Å². The van der Waals surface area contributed by atoms with Crippen LogP contribution in [-0.2, 0) is 14.3 Å². The number of hydrogen-bond acceptors (Lipinski definition) is 5. The van der Waals surface area contributed by atoms with Crippen LogP contribution in [0.15, 0.2) is 0 Å². The van der Waals surface area contributed by atoms with Gasteiger partial charge in [0.1, 0.15) is 5.60 Å². The Balaban J connectivity index is 0.00000264. The minimum Gasteiger partial charge on any atom is -0.466 e. The minimum atomic E-state index is -0.504. The summed E-state index contributed by atoms with van der Waals surface area (Å²) in [6.07, 6.45) is 1.53. The number of nitrogens with zero attached hydrogens (tertiary/aromatic N) is 1. The number of ether oxygens (including phenoxy) is 2. The van der Waals surface area contributed by atoms with Gasteiger partial charge in [0.15, 0.2) is 0 Å². The lowest BCUT2D eigenvalue weighted by atomic mass is 9.72. The number of piperidine rings is 1. The van der Waals surface area contributed by atoms with Crippen LogP contribution >= 0.6 is 12.4 Å². The fourth-order valence-electron chi connectivity index (χ4n) is 3.45. The van der Waals surface area contributed by atoms with E-state index in [1.165, 1.54) is 0 Å². The predicted molar refractivity (Wildman–Crippen MR) is 89.7 cm³/mol. The maximum atomic E-state index is 12.3. The molecule has 0 radical (unpaired) electrons. The van der Waals surface area contributed by atoms with Gasteiger partial charge < -0.3 is 19.7 Å². The molecule has 0 aromatic rings. The Bertz CT molecular complexity index is 438. The number of carbonyl (C=O) groups excluding carboxylic acids is 2. The van der Waals surface area contributed by atoms with Crippen LogP contribution in [0.2, 0.25) is 0 Å². The highest BCUT2D eigenvalue weighted by molar-refractivity contribution is 5.85. The molecule has 2 unspecified atom stereocenters. The topological polar surface area (TPSA) is 67.9 Å². The van der Waals surface area contributed by atoms with Gasteiger partial charge in [0, 0.05) is 31.6 Å². The van der Waals surface area contributed by atoms with Crippen molar-refractivity contribution in [3.05, 3.63) is 0 Å². The van der Waals surface area contributed by atoms with Crippen LogP contribution in [-0.4, -0.2) is 55.3 Å². The van der Waals surface area contributed by atoms with Crippen molar-refractivity contribution >= 4 is 24.5 Å². The lowest BCUT2D eigenvalue weighted by molar-refractivity contribution is -0.152. The summed E-state index contributed by atoms with van der Waals surface area (Å²) >= 11 is 0. The van der Waals surface area contributed by atoms with Crippen LogP contribution in [0.1, 0.15) is 40.5 Å². The van der Waals surface area contributed by atoms with Crippen LogP contribution in [0, 0.1) is 11.3 Å². The molecule has 2 fully saturated rings. The lowest BCUT2D eigenvalue weighted by Gasteiger charge is -2.42. The Kier molecular flexibility index (Phi) is 6.71. The smallest absolute Gasteiger partial charge is 0.410 e. The maximum absolute atomic E-state index is 12.3. The van der Waals surface area contributed by atoms with Gasteiger partial charge in [-0.3, -0.25) is 4.79 Å². The molecule has 0 saturated carbocycles. The Hall–Kier alpha value is -1.01. The summed E-state index contributed by atoms with van der Waals surface area (Å²) in [5, 5.41) is 3.30. The van der Waals surface area contributed by atoms with Crippen molar-refractivity contribution in [3.8, 4) is 0 Å². The highest BCUT2D eigenvalue weighted by Crippen LogP contribution is 2.41. The molecule has 0 aromatic carbocycles. The zero-order valence-electron chi connectivity index (χ0n) is 14.5. The molecule has 1 spiro atoms. The Morgan fingerprint density at radius 2 is 2.04 bits per heavy atom. The Morgan fingerprint density at radius 3 is 2.65 bits per heavy atom. The van der Waals surface area contributed by atoms with E-state index in [2.05, 4.69) is 5.32 Å². The molecular formula is C16H29ClN2O4. The summed E-state index contributed by atoms with van der Waals surface area (Å²) < 4.78 is 10.7. The number of hydrogen-bond donors (Lipinski definition) is 1. The van der Waals surface area contributed by atoms with E-state index in [9.17, 15) is 9.59 Å². The third-order valence-electron chi connectivity index (χ3n) is 4.40. The van der Waals surface area contributed by atoms with Gasteiger partial charge >= 0.3 is 12.1 Å². The van der Waals surface area contributed by atoms with Crippen molar-refractivity contribution in [1.82, 2.24) is 10.2 Å². The molecule has 1 N–H and O–H groups in total. The summed E-state index contributed by atoms with van der Waals surface area (Å²) in [7, 11) is 0. The van der Waals surface area contributed by atoms with E-state index in [4.69, 9.17) is 9.47 Å². The van der Waals surface area contributed by atoms with Gasteiger partial charge in [-0.15, -0.1) is 12.4 Å². The van der Waals surface area contributed by atoms with Gasteiger partial charge in [0.2, 0.25) is 0 Å². The number of esters is 1. The molecule has 0 aliphatic carbocycles. The third-order valence-corrected chi connectivity index (χ3v) is 4.40.